The molecular formula is C12H11ClN2O. The van der Waals surface area contributed by atoms with E-state index < -0.39 is 0 Å². The van der Waals surface area contributed by atoms with E-state index >= 15 is 0 Å². The standard InChI is InChI=1S/C12H11ClN2O/c1-15-6-5-14-12(15)11(16)8-9-3-2-4-10(13)7-9/h2-7H,8H2,1H3. The predicted octanol–water partition coefficient (Wildman–Crippen LogP) is 2.50. The molecule has 0 amide bonds. The number of imidazole rings is 1. The van der Waals surface area contributed by atoms with Crippen molar-refractivity contribution in [1.82, 2.24) is 9.55 Å². The molecule has 4 heteroatoms. The van der Waals surface area contributed by atoms with Crippen LogP contribution < -0.4 is 0 Å². The lowest BCUT2D eigenvalue weighted by molar-refractivity contribution is 0.0980. The number of carbonyl (C=O) groups excluding carboxylic acids is 1. The van der Waals surface area contributed by atoms with E-state index in [1.165, 1.54) is 0 Å². The highest BCUT2D eigenvalue weighted by Crippen LogP contribution is 2.12. The van der Waals surface area contributed by atoms with Crippen molar-refractivity contribution in [3.63, 3.8) is 0 Å². The first-order valence-electron chi connectivity index (χ1n) is 4.92. The predicted molar refractivity (Wildman–Crippen MR) is 62.7 cm³/mol. The normalized spacial score (nSPS) is 10.4. The van der Waals surface area contributed by atoms with Crippen LogP contribution in [0.1, 0.15) is 16.2 Å². The number of carbonyl (C=O) groups is 1. The van der Waals surface area contributed by atoms with E-state index in [0.29, 0.717) is 17.3 Å². The van der Waals surface area contributed by atoms with Gasteiger partial charge in [-0.1, -0.05) is 23.7 Å². The van der Waals surface area contributed by atoms with Gasteiger partial charge in [-0.15, -0.1) is 0 Å². The van der Waals surface area contributed by atoms with Gasteiger partial charge in [0.1, 0.15) is 0 Å². The summed E-state index contributed by atoms with van der Waals surface area (Å²) in [6, 6.07) is 7.30. The number of halogens is 1. The summed E-state index contributed by atoms with van der Waals surface area (Å²) in [6.07, 6.45) is 3.70. The Balaban J connectivity index is 2.17. The van der Waals surface area contributed by atoms with Crippen molar-refractivity contribution in [3.8, 4) is 0 Å². The van der Waals surface area contributed by atoms with Crippen LogP contribution in [0.3, 0.4) is 0 Å². The highest BCUT2D eigenvalue weighted by atomic mass is 35.5. The lowest BCUT2D eigenvalue weighted by Crippen LogP contribution is -2.10. The van der Waals surface area contributed by atoms with Crippen LogP contribution in [0.25, 0.3) is 0 Å². The number of hydrogen-bond donors (Lipinski definition) is 0. The van der Waals surface area contributed by atoms with E-state index in [1.807, 2.05) is 12.1 Å². The Morgan fingerprint density at radius 2 is 2.31 bits per heavy atom. The zero-order chi connectivity index (χ0) is 11.5. The van der Waals surface area contributed by atoms with Gasteiger partial charge in [0.15, 0.2) is 5.82 Å². The summed E-state index contributed by atoms with van der Waals surface area (Å²) in [4.78, 5) is 15.9. The smallest absolute Gasteiger partial charge is 0.202 e. The monoisotopic (exact) mass is 234 g/mol. The second kappa shape index (κ2) is 4.49. The Hall–Kier alpha value is -1.61. The molecule has 0 N–H and O–H groups in total. The van der Waals surface area contributed by atoms with Gasteiger partial charge in [0, 0.05) is 30.9 Å². The minimum absolute atomic E-state index is 0.00485. The van der Waals surface area contributed by atoms with Gasteiger partial charge < -0.3 is 4.57 Å². The molecule has 16 heavy (non-hydrogen) atoms. The first kappa shape index (κ1) is 10.9. The third-order valence-corrected chi connectivity index (χ3v) is 2.56. The van der Waals surface area contributed by atoms with Crippen LogP contribution in [0.4, 0.5) is 0 Å². The van der Waals surface area contributed by atoms with Gasteiger partial charge in [-0.25, -0.2) is 4.98 Å². The summed E-state index contributed by atoms with van der Waals surface area (Å²) in [6.45, 7) is 0. The molecule has 2 rings (SSSR count). The average molecular weight is 235 g/mol. The van der Waals surface area contributed by atoms with E-state index in [1.54, 1.807) is 36.1 Å². The fourth-order valence-corrected chi connectivity index (χ4v) is 1.76. The third kappa shape index (κ3) is 2.31. The van der Waals surface area contributed by atoms with Crippen LogP contribution in [0.5, 0.6) is 0 Å². The number of hydrogen-bond acceptors (Lipinski definition) is 2. The molecule has 3 nitrogen and oxygen atoms in total. The summed E-state index contributed by atoms with van der Waals surface area (Å²) in [7, 11) is 1.80. The maximum absolute atomic E-state index is 11.9. The number of aromatic nitrogens is 2. The summed E-state index contributed by atoms with van der Waals surface area (Å²) in [5, 5.41) is 0.644. The number of nitrogens with zero attached hydrogens (tertiary/aromatic N) is 2. The minimum Gasteiger partial charge on any atom is -0.332 e. The largest absolute Gasteiger partial charge is 0.332 e. The Morgan fingerprint density at radius 1 is 1.50 bits per heavy atom. The van der Waals surface area contributed by atoms with Gasteiger partial charge in [-0.3, -0.25) is 4.79 Å². The van der Waals surface area contributed by atoms with Gasteiger partial charge in [0.05, 0.1) is 0 Å². The molecule has 0 aliphatic heterocycles. The van der Waals surface area contributed by atoms with Crippen LogP contribution in [-0.2, 0) is 13.5 Å². The van der Waals surface area contributed by atoms with Crippen molar-refractivity contribution in [1.29, 1.82) is 0 Å². The average Bonchev–Trinajstić information content (AvgIpc) is 2.64. The van der Waals surface area contributed by atoms with Crippen molar-refractivity contribution in [2.75, 3.05) is 0 Å². The Kier molecular flexibility index (Phi) is 3.06. The first-order chi connectivity index (χ1) is 7.66. The third-order valence-electron chi connectivity index (χ3n) is 2.32. The van der Waals surface area contributed by atoms with Crippen molar-refractivity contribution < 1.29 is 4.79 Å². The zero-order valence-electron chi connectivity index (χ0n) is 8.85. The molecule has 0 saturated carbocycles. The quantitative estimate of drug-likeness (QED) is 0.765. The van der Waals surface area contributed by atoms with Gasteiger partial charge >= 0.3 is 0 Å². The number of benzene rings is 1. The van der Waals surface area contributed by atoms with Gasteiger partial charge in [-0.05, 0) is 17.7 Å². The van der Waals surface area contributed by atoms with Crippen LogP contribution in [-0.4, -0.2) is 15.3 Å². The number of aryl methyl sites for hydroxylation is 1. The van der Waals surface area contributed by atoms with Gasteiger partial charge in [0.2, 0.25) is 5.78 Å². The van der Waals surface area contributed by atoms with Crippen LogP contribution in [0.15, 0.2) is 36.7 Å². The Morgan fingerprint density at radius 3 is 2.94 bits per heavy atom. The maximum atomic E-state index is 11.9. The molecule has 0 aliphatic rings. The molecule has 1 aromatic heterocycles. The van der Waals surface area contributed by atoms with Gasteiger partial charge in [-0.2, -0.15) is 0 Å². The highest BCUT2D eigenvalue weighted by molar-refractivity contribution is 6.30. The van der Waals surface area contributed by atoms with Crippen molar-refractivity contribution in [3.05, 3.63) is 53.1 Å². The lowest BCUT2D eigenvalue weighted by Gasteiger charge is -2.02. The molecule has 0 unspecified atom stereocenters. The summed E-state index contributed by atoms with van der Waals surface area (Å²) in [5.74, 6) is 0.467. The second-order valence-electron chi connectivity index (χ2n) is 3.59. The van der Waals surface area contributed by atoms with E-state index in [0.717, 1.165) is 5.56 Å². The minimum atomic E-state index is -0.00485. The molecular weight excluding hydrogens is 224 g/mol. The molecule has 1 aromatic carbocycles. The number of Topliss-reactive ketones (excluding diaryl/α,β-unsaturated/α-hetero) is 1. The van der Waals surface area contributed by atoms with Gasteiger partial charge in [0.25, 0.3) is 0 Å². The number of rotatable bonds is 3. The first-order valence-corrected chi connectivity index (χ1v) is 5.29. The summed E-state index contributed by atoms with van der Waals surface area (Å²) < 4.78 is 1.72. The molecule has 0 atom stereocenters. The molecule has 1 heterocycles. The molecule has 0 fully saturated rings. The second-order valence-corrected chi connectivity index (χ2v) is 4.03. The van der Waals surface area contributed by atoms with Crippen molar-refractivity contribution in [2.24, 2.45) is 7.05 Å². The lowest BCUT2D eigenvalue weighted by atomic mass is 10.1. The van der Waals surface area contributed by atoms with Crippen molar-refractivity contribution in [2.45, 2.75) is 6.42 Å². The fraction of sp³-hybridized carbons (Fsp3) is 0.167. The topological polar surface area (TPSA) is 34.9 Å². The van der Waals surface area contributed by atoms with E-state index in [9.17, 15) is 4.79 Å². The van der Waals surface area contributed by atoms with E-state index in [-0.39, 0.29) is 5.78 Å². The van der Waals surface area contributed by atoms with Crippen LogP contribution in [0, 0.1) is 0 Å². The molecule has 0 saturated heterocycles. The zero-order valence-corrected chi connectivity index (χ0v) is 9.61. The van der Waals surface area contributed by atoms with Crippen LogP contribution in [0.2, 0.25) is 5.02 Å². The van der Waals surface area contributed by atoms with E-state index in [2.05, 4.69) is 4.98 Å². The molecule has 2 aromatic rings. The number of ketones is 1. The Labute approximate surface area is 98.7 Å². The highest BCUT2D eigenvalue weighted by Gasteiger charge is 2.11. The molecule has 0 bridgehead atoms. The molecule has 82 valence electrons. The van der Waals surface area contributed by atoms with Crippen molar-refractivity contribution >= 4 is 17.4 Å². The molecule has 0 spiro atoms. The molecule has 0 radical (unpaired) electrons. The molecule has 0 aliphatic carbocycles. The van der Waals surface area contributed by atoms with Crippen LogP contribution >= 0.6 is 11.6 Å². The summed E-state index contributed by atoms with van der Waals surface area (Å²) >= 11 is 5.85. The summed E-state index contributed by atoms with van der Waals surface area (Å²) in [5.41, 5.74) is 0.903. The fourth-order valence-electron chi connectivity index (χ4n) is 1.55. The maximum Gasteiger partial charge on any atom is 0.202 e. The van der Waals surface area contributed by atoms with E-state index in [4.69, 9.17) is 11.6 Å². The SMILES string of the molecule is Cn1ccnc1C(=O)Cc1cccc(Cl)c1. The Bertz CT molecular complexity index is 519.